The molecule has 1 saturated heterocycles. The Morgan fingerprint density at radius 2 is 1.83 bits per heavy atom. The Kier molecular flexibility index (Phi) is 3.52. The summed E-state index contributed by atoms with van der Waals surface area (Å²) in [7, 11) is 0. The summed E-state index contributed by atoms with van der Waals surface area (Å²) in [4.78, 5) is 25.7. The van der Waals surface area contributed by atoms with E-state index in [1.165, 1.54) is 29.0 Å². The molecule has 0 saturated carbocycles. The molecule has 126 valence electrons. The molecule has 4 rings (SSSR count). The quantitative estimate of drug-likeness (QED) is 0.803. The minimum absolute atomic E-state index is 0.0154. The number of hydrogen-bond donors (Lipinski definition) is 1. The number of fused-ring (bicyclic) bond motifs is 1. The number of para-hydroxylation sites is 1. The summed E-state index contributed by atoms with van der Waals surface area (Å²) >= 11 is 0. The van der Waals surface area contributed by atoms with Gasteiger partial charge in [0.1, 0.15) is 0 Å². The highest BCUT2D eigenvalue weighted by molar-refractivity contribution is 6.04. The standard InChI is InChI=1S/C20H24N2O2/c1-20(2)10-6-7-13-11-15-16(12-17(13)20)19(24)22(21-18(15)23)14-8-4-3-5-9-14/h3-5,8-9,15-16H,6-7,10-12H2,1-2H3,(H,21,23)/t15-,16+/m1/s1. The molecule has 0 spiro atoms. The lowest BCUT2D eigenvalue weighted by molar-refractivity contribution is -0.140. The van der Waals surface area contributed by atoms with Crippen LogP contribution in [-0.4, -0.2) is 11.8 Å². The Labute approximate surface area is 142 Å². The molecular formula is C20H24N2O2. The van der Waals surface area contributed by atoms with Crippen molar-refractivity contribution >= 4 is 17.5 Å². The number of anilines is 1. The van der Waals surface area contributed by atoms with Crippen molar-refractivity contribution in [1.82, 2.24) is 5.43 Å². The summed E-state index contributed by atoms with van der Waals surface area (Å²) in [5.41, 5.74) is 6.58. The summed E-state index contributed by atoms with van der Waals surface area (Å²) in [6, 6.07) is 9.39. The van der Waals surface area contributed by atoms with Gasteiger partial charge in [-0.1, -0.05) is 43.2 Å². The number of carbonyl (C=O) groups excluding carboxylic acids is 2. The van der Waals surface area contributed by atoms with Crippen LogP contribution in [0.25, 0.3) is 0 Å². The van der Waals surface area contributed by atoms with Gasteiger partial charge in [-0.15, -0.1) is 0 Å². The van der Waals surface area contributed by atoms with Crippen LogP contribution < -0.4 is 10.4 Å². The van der Waals surface area contributed by atoms with E-state index in [1.54, 1.807) is 0 Å². The van der Waals surface area contributed by atoms with Crippen LogP contribution in [0.2, 0.25) is 0 Å². The largest absolute Gasteiger partial charge is 0.273 e. The average Bonchev–Trinajstić information content (AvgIpc) is 2.58. The van der Waals surface area contributed by atoms with Crippen LogP contribution in [0, 0.1) is 17.3 Å². The molecule has 3 aliphatic rings. The van der Waals surface area contributed by atoms with Crippen molar-refractivity contribution in [3.63, 3.8) is 0 Å². The minimum atomic E-state index is -0.227. The third-order valence-corrected chi connectivity index (χ3v) is 6.01. The van der Waals surface area contributed by atoms with Gasteiger partial charge in [-0.2, -0.15) is 0 Å². The number of allylic oxidation sites excluding steroid dienone is 2. The zero-order valence-corrected chi connectivity index (χ0v) is 14.3. The van der Waals surface area contributed by atoms with Crippen LogP contribution >= 0.6 is 0 Å². The third kappa shape index (κ3) is 2.36. The fraction of sp³-hybridized carbons (Fsp3) is 0.500. The van der Waals surface area contributed by atoms with Crippen LogP contribution in [0.5, 0.6) is 0 Å². The Morgan fingerprint density at radius 3 is 2.58 bits per heavy atom. The highest BCUT2D eigenvalue weighted by Crippen LogP contribution is 2.50. The van der Waals surface area contributed by atoms with Gasteiger partial charge in [0, 0.05) is 0 Å². The highest BCUT2D eigenvalue weighted by atomic mass is 16.2. The third-order valence-electron chi connectivity index (χ3n) is 6.01. The van der Waals surface area contributed by atoms with E-state index in [1.807, 2.05) is 30.3 Å². The van der Waals surface area contributed by atoms with Crippen LogP contribution in [0.4, 0.5) is 5.69 Å². The van der Waals surface area contributed by atoms with Crippen molar-refractivity contribution in [1.29, 1.82) is 0 Å². The SMILES string of the molecule is CC1(C)CCCC2=C1C[C@@H]1C(=O)N(c3ccccc3)NC(=O)[C@@H]1C2. The predicted octanol–water partition coefficient (Wildman–Crippen LogP) is 3.60. The summed E-state index contributed by atoms with van der Waals surface area (Å²) in [5.74, 6) is -0.419. The predicted molar refractivity (Wildman–Crippen MR) is 92.9 cm³/mol. The monoisotopic (exact) mass is 324 g/mol. The van der Waals surface area contributed by atoms with Gasteiger partial charge < -0.3 is 0 Å². The molecule has 1 N–H and O–H groups in total. The van der Waals surface area contributed by atoms with E-state index in [-0.39, 0.29) is 29.1 Å². The zero-order chi connectivity index (χ0) is 16.9. The van der Waals surface area contributed by atoms with Crippen LogP contribution in [-0.2, 0) is 9.59 Å². The number of hydrogen-bond acceptors (Lipinski definition) is 2. The number of benzene rings is 1. The second kappa shape index (κ2) is 5.47. The number of carbonyl (C=O) groups is 2. The maximum Gasteiger partial charge on any atom is 0.249 e. The normalized spacial score (nSPS) is 29.0. The van der Waals surface area contributed by atoms with E-state index in [2.05, 4.69) is 19.3 Å². The maximum atomic E-state index is 13.1. The summed E-state index contributed by atoms with van der Waals surface area (Å²) in [6.07, 6.45) is 4.94. The molecule has 4 nitrogen and oxygen atoms in total. The van der Waals surface area contributed by atoms with E-state index in [4.69, 9.17) is 0 Å². The van der Waals surface area contributed by atoms with Gasteiger partial charge in [0.25, 0.3) is 0 Å². The number of nitrogens with one attached hydrogen (secondary N) is 1. The van der Waals surface area contributed by atoms with Crippen molar-refractivity contribution in [2.24, 2.45) is 17.3 Å². The van der Waals surface area contributed by atoms with Gasteiger partial charge >= 0.3 is 0 Å². The fourth-order valence-corrected chi connectivity index (χ4v) is 4.66. The Hall–Kier alpha value is -2.10. The molecule has 2 aliphatic carbocycles. The minimum Gasteiger partial charge on any atom is -0.273 e. The topological polar surface area (TPSA) is 49.4 Å². The second-order valence-corrected chi connectivity index (χ2v) is 7.93. The molecule has 2 atom stereocenters. The number of hydrazine groups is 1. The van der Waals surface area contributed by atoms with Crippen molar-refractivity contribution in [2.75, 3.05) is 5.01 Å². The first-order valence-electron chi connectivity index (χ1n) is 8.88. The molecule has 1 aromatic rings. The smallest absolute Gasteiger partial charge is 0.249 e. The second-order valence-electron chi connectivity index (χ2n) is 7.93. The summed E-state index contributed by atoms with van der Waals surface area (Å²) in [6.45, 7) is 4.56. The van der Waals surface area contributed by atoms with Crippen LogP contribution in [0.15, 0.2) is 41.5 Å². The lowest BCUT2D eigenvalue weighted by atomic mass is 9.62. The Morgan fingerprint density at radius 1 is 1.08 bits per heavy atom. The number of rotatable bonds is 1. The van der Waals surface area contributed by atoms with Crippen LogP contribution in [0.3, 0.4) is 0 Å². The number of amides is 2. The first-order valence-corrected chi connectivity index (χ1v) is 8.88. The first-order chi connectivity index (χ1) is 11.5. The van der Waals surface area contributed by atoms with Crippen molar-refractivity contribution in [3.05, 3.63) is 41.5 Å². The van der Waals surface area contributed by atoms with Gasteiger partial charge in [0.2, 0.25) is 11.8 Å². The van der Waals surface area contributed by atoms with E-state index < -0.39 is 0 Å². The molecule has 2 amide bonds. The molecule has 0 radical (unpaired) electrons. The van der Waals surface area contributed by atoms with Gasteiger partial charge in [-0.3, -0.25) is 15.0 Å². The average molecular weight is 324 g/mol. The molecule has 1 fully saturated rings. The first kappa shape index (κ1) is 15.4. The summed E-state index contributed by atoms with van der Waals surface area (Å²) < 4.78 is 0. The molecule has 0 aromatic heterocycles. The van der Waals surface area contributed by atoms with E-state index in [0.717, 1.165) is 24.9 Å². The highest BCUT2D eigenvalue weighted by Gasteiger charge is 2.48. The molecular weight excluding hydrogens is 300 g/mol. The lowest BCUT2D eigenvalue weighted by Gasteiger charge is -2.46. The van der Waals surface area contributed by atoms with Crippen molar-refractivity contribution in [2.45, 2.75) is 46.0 Å². The van der Waals surface area contributed by atoms with Gasteiger partial charge in [-0.25, -0.2) is 5.01 Å². The van der Waals surface area contributed by atoms with Crippen molar-refractivity contribution < 1.29 is 9.59 Å². The van der Waals surface area contributed by atoms with E-state index in [9.17, 15) is 9.59 Å². The molecule has 1 aliphatic heterocycles. The van der Waals surface area contributed by atoms with Gasteiger partial charge in [0.15, 0.2) is 0 Å². The Bertz CT molecular complexity index is 720. The maximum absolute atomic E-state index is 13.1. The molecule has 1 heterocycles. The molecule has 24 heavy (non-hydrogen) atoms. The molecule has 1 aromatic carbocycles. The van der Waals surface area contributed by atoms with Crippen LogP contribution in [0.1, 0.15) is 46.0 Å². The molecule has 0 unspecified atom stereocenters. The van der Waals surface area contributed by atoms with Gasteiger partial charge in [0.05, 0.1) is 17.5 Å². The van der Waals surface area contributed by atoms with E-state index in [0.29, 0.717) is 0 Å². The van der Waals surface area contributed by atoms with E-state index >= 15 is 0 Å². The fourth-order valence-electron chi connectivity index (χ4n) is 4.66. The molecule has 4 heteroatoms. The number of nitrogens with zero attached hydrogens (tertiary/aromatic N) is 1. The molecule has 0 bridgehead atoms. The Balaban J connectivity index is 1.68. The lowest BCUT2D eigenvalue weighted by Crippen LogP contribution is -2.60. The van der Waals surface area contributed by atoms with Crippen molar-refractivity contribution in [3.8, 4) is 0 Å². The summed E-state index contributed by atoms with van der Waals surface area (Å²) in [5, 5.41) is 1.45. The zero-order valence-electron chi connectivity index (χ0n) is 14.3. The van der Waals surface area contributed by atoms with Gasteiger partial charge in [-0.05, 0) is 49.7 Å².